The van der Waals surface area contributed by atoms with Gasteiger partial charge in [0.25, 0.3) is 5.56 Å². The third-order valence-electron chi connectivity index (χ3n) is 4.87. The van der Waals surface area contributed by atoms with Crippen LogP contribution in [0.3, 0.4) is 0 Å². The van der Waals surface area contributed by atoms with Crippen LogP contribution in [0.4, 0.5) is 5.69 Å². The number of nitrogens with one attached hydrogen (secondary N) is 1. The Morgan fingerprint density at radius 2 is 2.14 bits per heavy atom. The van der Waals surface area contributed by atoms with Gasteiger partial charge in [0.05, 0.1) is 29.3 Å². The average molecular weight is 410 g/mol. The van der Waals surface area contributed by atoms with Gasteiger partial charge in [0.15, 0.2) is 5.16 Å². The summed E-state index contributed by atoms with van der Waals surface area (Å²) >= 11 is 1.28. The fraction of sp³-hybridized carbons (Fsp3) is 0.318. The second-order valence-corrected chi connectivity index (χ2v) is 8.11. The van der Waals surface area contributed by atoms with E-state index in [1.165, 1.54) is 11.8 Å². The van der Waals surface area contributed by atoms with E-state index in [-0.39, 0.29) is 23.3 Å². The first-order chi connectivity index (χ1) is 14.1. The van der Waals surface area contributed by atoms with Gasteiger partial charge in [-0.15, -0.1) is 0 Å². The molecule has 1 amide bonds. The zero-order valence-corrected chi connectivity index (χ0v) is 17.1. The molecule has 3 aromatic rings. The third kappa shape index (κ3) is 4.68. The monoisotopic (exact) mass is 409 g/mol. The van der Waals surface area contributed by atoms with Crippen molar-refractivity contribution in [3.05, 3.63) is 64.4 Å². The molecule has 1 aliphatic heterocycles. The summed E-state index contributed by atoms with van der Waals surface area (Å²) in [6.07, 6.45) is 1.94. The zero-order chi connectivity index (χ0) is 20.2. The van der Waals surface area contributed by atoms with Gasteiger partial charge in [-0.1, -0.05) is 36.0 Å². The summed E-state index contributed by atoms with van der Waals surface area (Å²) in [7, 11) is 0. The fourth-order valence-corrected chi connectivity index (χ4v) is 4.27. The molecule has 0 saturated carbocycles. The summed E-state index contributed by atoms with van der Waals surface area (Å²) in [5, 5.41) is 4.03. The molecule has 1 N–H and O–H groups in total. The summed E-state index contributed by atoms with van der Waals surface area (Å²) in [5.74, 6) is 0.0382. The quantitative estimate of drug-likeness (QED) is 0.497. The van der Waals surface area contributed by atoms with Gasteiger partial charge in [-0.3, -0.25) is 14.2 Å². The van der Waals surface area contributed by atoms with E-state index in [9.17, 15) is 9.59 Å². The number of thioether (sulfide) groups is 1. The lowest BCUT2D eigenvalue weighted by atomic mass is 10.2. The van der Waals surface area contributed by atoms with E-state index >= 15 is 0 Å². The van der Waals surface area contributed by atoms with Crippen LogP contribution in [0.25, 0.3) is 10.9 Å². The van der Waals surface area contributed by atoms with Crippen molar-refractivity contribution in [3.8, 4) is 0 Å². The molecule has 0 unspecified atom stereocenters. The molecular weight excluding hydrogens is 386 g/mol. The maximum atomic E-state index is 13.1. The molecular formula is C22H23N3O3S. The van der Waals surface area contributed by atoms with E-state index < -0.39 is 0 Å². The normalized spacial score (nSPS) is 16.2. The number of aryl methyl sites for hydroxylation is 1. The Morgan fingerprint density at radius 3 is 2.93 bits per heavy atom. The van der Waals surface area contributed by atoms with Crippen LogP contribution in [-0.4, -0.2) is 33.9 Å². The van der Waals surface area contributed by atoms with E-state index in [4.69, 9.17) is 4.74 Å². The van der Waals surface area contributed by atoms with Crippen molar-refractivity contribution < 1.29 is 9.53 Å². The van der Waals surface area contributed by atoms with E-state index in [1.54, 1.807) is 10.6 Å². The Kier molecular flexibility index (Phi) is 5.97. The number of ether oxygens (including phenoxy) is 1. The number of carbonyl (C=O) groups is 1. The number of hydrogen-bond donors (Lipinski definition) is 1. The van der Waals surface area contributed by atoms with Crippen LogP contribution in [0.5, 0.6) is 0 Å². The predicted molar refractivity (Wildman–Crippen MR) is 116 cm³/mol. The van der Waals surface area contributed by atoms with Crippen LogP contribution in [-0.2, 0) is 16.1 Å². The number of anilines is 1. The minimum atomic E-state index is -0.133. The number of benzene rings is 2. The minimum absolute atomic E-state index is 0.0103. The molecule has 0 radical (unpaired) electrons. The molecule has 7 heteroatoms. The van der Waals surface area contributed by atoms with Gasteiger partial charge in [-0.05, 0) is 49.6 Å². The Hall–Kier alpha value is -2.64. The molecule has 4 rings (SSSR count). The first-order valence-corrected chi connectivity index (χ1v) is 10.7. The van der Waals surface area contributed by atoms with Crippen molar-refractivity contribution in [2.24, 2.45) is 0 Å². The SMILES string of the molecule is Cc1cccc(NC(=O)CSc2nc3ccccc3c(=O)n2C[C@@H]2CCCO2)c1. The highest BCUT2D eigenvalue weighted by atomic mass is 32.2. The second kappa shape index (κ2) is 8.80. The molecule has 0 aliphatic carbocycles. The molecule has 1 aromatic heterocycles. The van der Waals surface area contributed by atoms with E-state index in [2.05, 4.69) is 10.3 Å². The highest BCUT2D eigenvalue weighted by molar-refractivity contribution is 7.99. The number of amides is 1. The van der Waals surface area contributed by atoms with Crippen molar-refractivity contribution in [1.82, 2.24) is 9.55 Å². The van der Waals surface area contributed by atoms with Gasteiger partial charge >= 0.3 is 0 Å². The lowest BCUT2D eigenvalue weighted by Gasteiger charge is -2.16. The van der Waals surface area contributed by atoms with Crippen molar-refractivity contribution in [3.63, 3.8) is 0 Å². The Morgan fingerprint density at radius 1 is 1.28 bits per heavy atom. The topological polar surface area (TPSA) is 73.2 Å². The van der Waals surface area contributed by atoms with Gasteiger partial charge in [-0.25, -0.2) is 4.98 Å². The summed E-state index contributed by atoms with van der Waals surface area (Å²) in [6, 6.07) is 15.0. The van der Waals surface area contributed by atoms with Crippen molar-refractivity contribution in [2.75, 3.05) is 17.7 Å². The first kappa shape index (κ1) is 19.7. The predicted octanol–water partition coefficient (Wildman–Crippen LogP) is 3.61. The van der Waals surface area contributed by atoms with Gasteiger partial charge in [0, 0.05) is 12.3 Å². The average Bonchev–Trinajstić information content (AvgIpc) is 3.22. The van der Waals surface area contributed by atoms with Gasteiger partial charge in [0.2, 0.25) is 5.91 Å². The van der Waals surface area contributed by atoms with Crippen LogP contribution >= 0.6 is 11.8 Å². The van der Waals surface area contributed by atoms with Gasteiger partial charge in [0.1, 0.15) is 0 Å². The standard InChI is InChI=1S/C22H23N3O3S/c1-15-6-4-7-16(12-15)23-20(26)14-29-22-24-19-10-3-2-9-18(19)21(27)25(22)13-17-8-5-11-28-17/h2-4,6-7,9-10,12,17H,5,8,11,13-14H2,1H3,(H,23,26)/t17-/m0/s1. The first-order valence-electron chi connectivity index (χ1n) is 9.70. The van der Waals surface area contributed by atoms with E-state index in [1.807, 2.05) is 49.4 Å². The Labute approximate surface area is 173 Å². The highest BCUT2D eigenvalue weighted by Crippen LogP contribution is 2.21. The van der Waals surface area contributed by atoms with Crippen LogP contribution in [0.2, 0.25) is 0 Å². The smallest absolute Gasteiger partial charge is 0.262 e. The molecule has 1 atom stereocenters. The molecule has 1 fully saturated rings. The van der Waals surface area contributed by atoms with E-state index in [0.29, 0.717) is 22.6 Å². The number of carbonyl (C=O) groups excluding carboxylic acids is 1. The highest BCUT2D eigenvalue weighted by Gasteiger charge is 2.20. The molecule has 0 spiro atoms. The lowest BCUT2D eigenvalue weighted by Crippen LogP contribution is -2.29. The number of rotatable bonds is 6. The molecule has 29 heavy (non-hydrogen) atoms. The summed E-state index contributed by atoms with van der Waals surface area (Å²) in [4.78, 5) is 30.2. The molecule has 2 heterocycles. The summed E-state index contributed by atoms with van der Waals surface area (Å²) in [5.41, 5.74) is 2.39. The van der Waals surface area contributed by atoms with Crippen LogP contribution < -0.4 is 10.9 Å². The third-order valence-corrected chi connectivity index (χ3v) is 5.85. The molecule has 150 valence electrons. The van der Waals surface area contributed by atoms with Gasteiger partial charge in [-0.2, -0.15) is 0 Å². The fourth-order valence-electron chi connectivity index (χ4n) is 3.46. The molecule has 1 aliphatic rings. The van der Waals surface area contributed by atoms with E-state index in [0.717, 1.165) is 30.7 Å². The molecule has 2 aromatic carbocycles. The lowest BCUT2D eigenvalue weighted by molar-refractivity contribution is -0.113. The maximum Gasteiger partial charge on any atom is 0.262 e. The summed E-state index contributed by atoms with van der Waals surface area (Å²) in [6.45, 7) is 3.16. The van der Waals surface area contributed by atoms with Crippen LogP contribution in [0.1, 0.15) is 18.4 Å². The van der Waals surface area contributed by atoms with Crippen LogP contribution in [0.15, 0.2) is 58.5 Å². The molecule has 6 nitrogen and oxygen atoms in total. The number of aromatic nitrogens is 2. The zero-order valence-electron chi connectivity index (χ0n) is 16.3. The van der Waals surface area contributed by atoms with Gasteiger partial charge < -0.3 is 10.1 Å². The Balaban J connectivity index is 1.56. The minimum Gasteiger partial charge on any atom is -0.376 e. The number of fused-ring (bicyclic) bond motifs is 1. The Bertz CT molecular complexity index is 1090. The van der Waals surface area contributed by atoms with Crippen LogP contribution in [0, 0.1) is 6.92 Å². The van der Waals surface area contributed by atoms with Crippen molar-refractivity contribution >= 4 is 34.3 Å². The van der Waals surface area contributed by atoms with Crippen molar-refractivity contribution in [1.29, 1.82) is 0 Å². The molecule has 0 bridgehead atoms. The maximum absolute atomic E-state index is 13.1. The van der Waals surface area contributed by atoms with Crippen molar-refractivity contribution in [2.45, 2.75) is 37.6 Å². The molecule has 1 saturated heterocycles. The second-order valence-electron chi connectivity index (χ2n) is 7.17. The number of nitrogens with zero attached hydrogens (tertiary/aromatic N) is 2. The summed E-state index contributed by atoms with van der Waals surface area (Å²) < 4.78 is 7.37. The largest absolute Gasteiger partial charge is 0.376 e. The number of para-hydroxylation sites is 1. The number of hydrogen-bond acceptors (Lipinski definition) is 5.